The van der Waals surface area contributed by atoms with Gasteiger partial charge in [-0.25, -0.2) is 9.37 Å². The fourth-order valence-corrected chi connectivity index (χ4v) is 1.67. The van der Waals surface area contributed by atoms with Crippen LogP contribution in [0.3, 0.4) is 0 Å². The second-order valence-electron chi connectivity index (χ2n) is 3.89. The molecule has 2 aromatic rings. The van der Waals surface area contributed by atoms with Gasteiger partial charge in [0.1, 0.15) is 5.82 Å². The van der Waals surface area contributed by atoms with Crippen molar-refractivity contribution in [1.82, 2.24) is 9.55 Å². The van der Waals surface area contributed by atoms with E-state index >= 15 is 0 Å². The number of halogens is 1. The van der Waals surface area contributed by atoms with Crippen molar-refractivity contribution in [3.63, 3.8) is 0 Å². The van der Waals surface area contributed by atoms with Crippen LogP contribution in [0.2, 0.25) is 0 Å². The van der Waals surface area contributed by atoms with E-state index in [1.807, 2.05) is 0 Å². The van der Waals surface area contributed by atoms with E-state index < -0.39 is 17.8 Å². The van der Waals surface area contributed by atoms with E-state index in [1.54, 1.807) is 24.5 Å². The van der Waals surface area contributed by atoms with Gasteiger partial charge in [0, 0.05) is 18.4 Å². The molecule has 94 valence electrons. The third-order valence-corrected chi connectivity index (χ3v) is 2.58. The van der Waals surface area contributed by atoms with Crippen LogP contribution in [-0.2, 0) is 4.79 Å². The van der Waals surface area contributed by atoms with E-state index in [0.717, 1.165) is 0 Å². The van der Waals surface area contributed by atoms with Gasteiger partial charge in [-0.2, -0.15) is 0 Å². The molecule has 0 aliphatic carbocycles. The molecular weight excluding hydrogens is 237 g/mol. The zero-order valence-corrected chi connectivity index (χ0v) is 9.45. The number of hydrogen-bond acceptors (Lipinski definition) is 3. The first kappa shape index (κ1) is 12.3. The molecule has 1 aromatic carbocycles. The van der Waals surface area contributed by atoms with Gasteiger partial charge < -0.3 is 15.4 Å². The van der Waals surface area contributed by atoms with Crippen LogP contribution in [-0.4, -0.2) is 20.6 Å². The van der Waals surface area contributed by atoms with Gasteiger partial charge in [-0.15, -0.1) is 0 Å². The third kappa shape index (κ3) is 2.54. The average molecular weight is 249 g/mol. The SMILES string of the molecule is NC(CC(=O)O)c1ccc(-n2ccnc2)c(F)c1. The van der Waals surface area contributed by atoms with Gasteiger partial charge >= 0.3 is 5.97 Å². The lowest BCUT2D eigenvalue weighted by Crippen LogP contribution is -2.15. The summed E-state index contributed by atoms with van der Waals surface area (Å²) in [7, 11) is 0. The number of aromatic nitrogens is 2. The number of imidazole rings is 1. The molecular formula is C12H12FN3O2. The number of nitrogens with two attached hydrogens (primary N) is 1. The molecule has 5 nitrogen and oxygen atoms in total. The highest BCUT2D eigenvalue weighted by Gasteiger charge is 2.13. The van der Waals surface area contributed by atoms with Gasteiger partial charge in [-0.1, -0.05) is 6.07 Å². The van der Waals surface area contributed by atoms with Gasteiger partial charge in [-0.05, 0) is 17.7 Å². The lowest BCUT2D eigenvalue weighted by Gasteiger charge is -2.11. The van der Waals surface area contributed by atoms with Crippen LogP contribution in [0.1, 0.15) is 18.0 Å². The number of carboxylic acid groups (broad SMARTS) is 1. The Morgan fingerprint density at radius 2 is 2.33 bits per heavy atom. The summed E-state index contributed by atoms with van der Waals surface area (Å²) < 4.78 is 15.4. The van der Waals surface area contributed by atoms with Crippen molar-refractivity contribution < 1.29 is 14.3 Å². The summed E-state index contributed by atoms with van der Waals surface area (Å²) in [5.41, 5.74) is 6.47. The standard InChI is InChI=1S/C12H12FN3O2/c13-9-5-8(10(14)6-12(17)18)1-2-11(9)16-4-3-15-7-16/h1-5,7,10H,6,14H2,(H,17,18). The minimum atomic E-state index is -1.01. The first-order chi connectivity index (χ1) is 8.58. The van der Waals surface area contributed by atoms with Crippen LogP contribution in [0.15, 0.2) is 36.9 Å². The fourth-order valence-electron chi connectivity index (χ4n) is 1.67. The van der Waals surface area contributed by atoms with Gasteiger partial charge in [0.2, 0.25) is 0 Å². The van der Waals surface area contributed by atoms with E-state index in [2.05, 4.69) is 4.98 Å². The van der Waals surface area contributed by atoms with E-state index in [-0.39, 0.29) is 6.42 Å². The number of aliphatic carboxylic acids is 1. The van der Waals surface area contributed by atoms with Crippen LogP contribution in [0.5, 0.6) is 0 Å². The molecule has 0 spiro atoms. The van der Waals surface area contributed by atoms with Crippen LogP contribution in [0.4, 0.5) is 4.39 Å². The quantitative estimate of drug-likeness (QED) is 0.860. The van der Waals surface area contributed by atoms with Crippen molar-refractivity contribution in [2.45, 2.75) is 12.5 Å². The maximum absolute atomic E-state index is 13.9. The molecule has 0 aliphatic heterocycles. The zero-order chi connectivity index (χ0) is 13.1. The van der Waals surface area contributed by atoms with Crippen molar-refractivity contribution in [3.05, 3.63) is 48.3 Å². The molecule has 0 amide bonds. The van der Waals surface area contributed by atoms with Crippen molar-refractivity contribution in [2.24, 2.45) is 5.73 Å². The van der Waals surface area contributed by atoms with E-state index in [4.69, 9.17) is 10.8 Å². The number of nitrogens with zero attached hydrogens (tertiary/aromatic N) is 2. The Labute approximate surface area is 103 Å². The minimum Gasteiger partial charge on any atom is -0.481 e. The average Bonchev–Trinajstić information content (AvgIpc) is 2.81. The summed E-state index contributed by atoms with van der Waals surface area (Å²) in [6.07, 6.45) is 4.41. The summed E-state index contributed by atoms with van der Waals surface area (Å²) in [4.78, 5) is 14.4. The summed E-state index contributed by atoms with van der Waals surface area (Å²) >= 11 is 0. The number of carboxylic acids is 1. The van der Waals surface area contributed by atoms with Crippen LogP contribution >= 0.6 is 0 Å². The molecule has 3 N–H and O–H groups in total. The van der Waals surface area contributed by atoms with E-state index in [0.29, 0.717) is 11.3 Å². The Kier molecular flexibility index (Phi) is 3.38. The van der Waals surface area contributed by atoms with Crippen molar-refractivity contribution in [3.8, 4) is 5.69 Å². The Hall–Kier alpha value is -2.21. The smallest absolute Gasteiger partial charge is 0.305 e. The summed E-state index contributed by atoms with van der Waals surface area (Å²) in [5, 5.41) is 8.63. The molecule has 2 rings (SSSR count). The number of rotatable bonds is 4. The van der Waals surface area contributed by atoms with Gasteiger partial charge in [-0.3, -0.25) is 4.79 Å². The normalized spacial score (nSPS) is 12.3. The molecule has 18 heavy (non-hydrogen) atoms. The molecule has 1 heterocycles. The number of benzene rings is 1. The van der Waals surface area contributed by atoms with Gasteiger partial charge in [0.15, 0.2) is 0 Å². The molecule has 0 radical (unpaired) electrons. The number of hydrogen-bond donors (Lipinski definition) is 2. The van der Waals surface area contributed by atoms with Crippen molar-refractivity contribution in [2.75, 3.05) is 0 Å². The minimum absolute atomic E-state index is 0.232. The Bertz CT molecular complexity index is 554. The second-order valence-corrected chi connectivity index (χ2v) is 3.89. The first-order valence-electron chi connectivity index (χ1n) is 5.33. The highest BCUT2D eigenvalue weighted by molar-refractivity contribution is 5.67. The molecule has 0 aliphatic rings. The van der Waals surface area contributed by atoms with E-state index in [1.165, 1.54) is 17.0 Å². The Morgan fingerprint density at radius 3 is 2.89 bits per heavy atom. The molecule has 0 saturated carbocycles. The Balaban J connectivity index is 2.28. The Morgan fingerprint density at radius 1 is 1.56 bits per heavy atom. The number of carbonyl (C=O) groups is 1. The van der Waals surface area contributed by atoms with Crippen molar-refractivity contribution in [1.29, 1.82) is 0 Å². The maximum atomic E-state index is 13.9. The topological polar surface area (TPSA) is 81.1 Å². The highest BCUT2D eigenvalue weighted by atomic mass is 19.1. The van der Waals surface area contributed by atoms with Gasteiger partial charge in [0.05, 0.1) is 18.4 Å². The molecule has 0 bridgehead atoms. The lowest BCUT2D eigenvalue weighted by atomic mass is 10.0. The third-order valence-electron chi connectivity index (χ3n) is 2.58. The van der Waals surface area contributed by atoms with Crippen LogP contribution in [0, 0.1) is 5.82 Å². The van der Waals surface area contributed by atoms with Crippen molar-refractivity contribution >= 4 is 5.97 Å². The fraction of sp³-hybridized carbons (Fsp3) is 0.167. The highest BCUT2D eigenvalue weighted by Crippen LogP contribution is 2.20. The van der Waals surface area contributed by atoms with E-state index in [9.17, 15) is 9.18 Å². The predicted molar refractivity (Wildman–Crippen MR) is 62.7 cm³/mol. The summed E-state index contributed by atoms with van der Waals surface area (Å²) in [6.45, 7) is 0. The molecule has 1 unspecified atom stereocenters. The maximum Gasteiger partial charge on any atom is 0.305 e. The second kappa shape index (κ2) is 4.97. The molecule has 1 atom stereocenters. The van der Waals surface area contributed by atoms with Gasteiger partial charge in [0.25, 0.3) is 0 Å². The largest absolute Gasteiger partial charge is 0.481 e. The summed E-state index contributed by atoms with van der Waals surface area (Å²) in [5.74, 6) is -1.48. The molecule has 0 fully saturated rings. The first-order valence-corrected chi connectivity index (χ1v) is 5.33. The lowest BCUT2D eigenvalue weighted by molar-refractivity contribution is -0.137. The predicted octanol–water partition coefficient (Wildman–Crippen LogP) is 1.49. The molecule has 0 saturated heterocycles. The monoisotopic (exact) mass is 249 g/mol. The van der Waals surface area contributed by atoms with Crippen LogP contribution in [0.25, 0.3) is 5.69 Å². The zero-order valence-electron chi connectivity index (χ0n) is 9.45. The van der Waals surface area contributed by atoms with Crippen LogP contribution < -0.4 is 5.73 Å². The summed E-state index contributed by atoms with van der Waals surface area (Å²) in [6, 6.07) is 3.71. The molecule has 6 heteroatoms. The molecule has 1 aromatic heterocycles.